The number of benzene rings is 1. The van der Waals surface area contributed by atoms with E-state index in [-0.39, 0.29) is 11.9 Å². The van der Waals surface area contributed by atoms with Crippen LogP contribution in [0.1, 0.15) is 30.0 Å². The van der Waals surface area contributed by atoms with Crippen LogP contribution in [0.2, 0.25) is 5.02 Å². The summed E-state index contributed by atoms with van der Waals surface area (Å²) in [4.78, 5) is 28.5. The summed E-state index contributed by atoms with van der Waals surface area (Å²) in [6.45, 7) is 3.80. The van der Waals surface area contributed by atoms with Gasteiger partial charge in [-0.15, -0.1) is 11.3 Å². The van der Waals surface area contributed by atoms with Crippen molar-refractivity contribution in [2.75, 3.05) is 0 Å². The molecule has 1 saturated carbocycles. The van der Waals surface area contributed by atoms with Crippen molar-refractivity contribution >= 4 is 34.8 Å². The average molecular weight is 365 g/mol. The van der Waals surface area contributed by atoms with E-state index in [9.17, 15) is 9.59 Å². The molecule has 3 unspecified atom stereocenters. The summed E-state index contributed by atoms with van der Waals surface area (Å²) < 4.78 is 0. The van der Waals surface area contributed by atoms with E-state index in [0.29, 0.717) is 11.4 Å². The molecule has 1 fully saturated rings. The van der Waals surface area contributed by atoms with Crippen molar-refractivity contribution in [2.45, 2.75) is 26.3 Å². The molecule has 1 aliphatic carbocycles. The maximum Gasteiger partial charge on any atom is 0.307 e. The van der Waals surface area contributed by atoms with Gasteiger partial charge in [0, 0.05) is 10.6 Å². The summed E-state index contributed by atoms with van der Waals surface area (Å²) in [5, 5.41) is 13.4. The monoisotopic (exact) mass is 364 g/mol. The highest BCUT2D eigenvalue weighted by atomic mass is 35.5. The molecule has 0 spiro atoms. The van der Waals surface area contributed by atoms with E-state index in [1.807, 2.05) is 38.1 Å². The number of carboxylic acid groups (broad SMARTS) is 1. The summed E-state index contributed by atoms with van der Waals surface area (Å²) in [5.74, 6) is -2.05. The van der Waals surface area contributed by atoms with E-state index in [2.05, 4.69) is 10.3 Å². The summed E-state index contributed by atoms with van der Waals surface area (Å²) in [6, 6.07) is 7.26. The third-order valence-electron chi connectivity index (χ3n) is 4.12. The maximum atomic E-state index is 12.1. The number of carbonyl (C=O) groups excluding carboxylic acids is 1. The van der Waals surface area contributed by atoms with Crippen LogP contribution in [0.15, 0.2) is 24.3 Å². The summed E-state index contributed by atoms with van der Waals surface area (Å²) >= 11 is 7.43. The molecule has 3 rings (SSSR count). The standard InChI is InChI=1S/C17H17ClN2O3S/c1-8(19-15(21)12-7-13(12)17(22)23)14-9(2)20-16(24-14)10-3-5-11(18)6-4-10/h3-6,8,12-13H,7H2,1-2H3,(H,19,21)(H,22,23). The van der Waals surface area contributed by atoms with E-state index in [1.165, 1.54) is 11.3 Å². The smallest absolute Gasteiger partial charge is 0.307 e. The predicted molar refractivity (Wildman–Crippen MR) is 93.1 cm³/mol. The topological polar surface area (TPSA) is 79.3 Å². The minimum Gasteiger partial charge on any atom is -0.481 e. The number of rotatable bonds is 5. The minimum absolute atomic E-state index is 0.198. The van der Waals surface area contributed by atoms with Crippen LogP contribution < -0.4 is 5.32 Å². The lowest BCUT2D eigenvalue weighted by Crippen LogP contribution is -2.29. The highest BCUT2D eigenvalue weighted by Gasteiger charge is 2.48. The molecule has 1 aromatic carbocycles. The lowest BCUT2D eigenvalue weighted by molar-refractivity contribution is -0.140. The van der Waals surface area contributed by atoms with Gasteiger partial charge < -0.3 is 10.4 Å². The molecule has 7 heteroatoms. The van der Waals surface area contributed by atoms with Crippen LogP contribution in [0.5, 0.6) is 0 Å². The second-order valence-electron chi connectivity index (χ2n) is 5.99. The molecular weight excluding hydrogens is 348 g/mol. The maximum absolute atomic E-state index is 12.1. The Morgan fingerprint density at radius 2 is 2.00 bits per heavy atom. The fourth-order valence-electron chi connectivity index (χ4n) is 2.67. The Labute approximate surface area is 148 Å². The molecule has 0 aliphatic heterocycles. The Bertz CT molecular complexity index is 788. The molecule has 0 bridgehead atoms. The Hall–Kier alpha value is -1.92. The molecule has 0 radical (unpaired) electrons. The van der Waals surface area contributed by atoms with Crippen molar-refractivity contribution in [1.82, 2.24) is 10.3 Å². The summed E-state index contributed by atoms with van der Waals surface area (Å²) in [6.07, 6.45) is 0.422. The molecule has 2 N–H and O–H groups in total. The Kier molecular flexibility index (Phi) is 4.60. The fraction of sp³-hybridized carbons (Fsp3) is 0.353. The number of aromatic nitrogens is 1. The largest absolute Gasteiger partial charge is 0.481 e. The summed E-state index contributed by atoms with van der Waals surface area (Å²) in [7, 11) is 0. The lowest BCUT2D eigenvalue weighted by Gasteiger charge is -2.12. The Balaban J connectivity index is 1.71. The van der Waals surface area contributed by atoms with Gasteiger partial charge in [-0.2, -0.15) is 0 Å². The molecule has 1 amide bonds. The van der Waals surface area contributed by atoms with E-state index in [0.717, 1.165) is 21.1 Å². The molecule has 126 valence electrons. The number of amides is 1. The van der Waals surface area contributed by atoms with E-state index >= 15 is 0 Å². The first kappa shape index (κ1) is 16.9. The van der Waals surface area contributed by atoms with Crippen molar-refractivity contribution in [1.29, 1.82) is 0 Å². The van der Waals surface area contributed by atoms with Gasteiger partial charge in [-0.25, -0.2) is 4.98 Å². The van der Waals surface area contributed by atoms with Crippen molar-refractivity contribution < 1.29 is 14.7 Å². The van der Waals surface area contributed by atoms with Crippen molar-refractivity contribution in [3.63, 3.8) is 0 Å². The quantitative estimate of drug-likeness (QED) is 0.848. The first-order valence-corrected chi connectivity index (χ1v) is 8.82. The number of carbonyl (C=O) groups is 2. The molecule has 2 aromatic rings. The van der Waals surface area contributed by atoms with Crippen LogP contribution in [0.25, 0.3) is 10.6 Å². The third-order valence-corrected chi connectivity index (χ3v) is 5.76. The second kappa shape index (κ2) is 6.53. The van der Waals surface area contributed by atoms with Crippen molar-refractivity contribution in [2.24, 2.45) is 11.8 Å². The van der Waals surface area contributed by atoms with Gasteiger partial charge in [-0.1, -0.05) is 23.7 Å². The molecule has 0 saturated heterocycles. The molecule has 5 nitrogen and oxygen atoms in total. The second-order valence-corrected chi connectivity index (χ2v) is 7.46. The number of thiazole rings is 1. The third kappa shape index (κ3) is 3.44. The molecule has 1 heterocycles. The SMILES string of the molecule is Cc1nc(-c2ccc(Cl)cc2)sc1C(C)NC(=O)C1CC1C(=O)O. The predicted octanol–water partition coefficient (Wildman–Crippen LogP) is 3.67. The lowest BCUT2D eigenvalue weighted by atomic mass is 10.2. The van der Waals surface area contributed by atoms with Crippen LogP contribution in [-0.2, 0) is 9.59 Å². The Morgan fingerprint density at radius 3 is 2.58 bits per heavy atom. The number of hydrogen-bond acceptors (Lipinski definition) is 4. The number of aryl methyl sites for hydroxylation is 1. The zero-order chi connectivity index (χ0) is 17.4. The van der Waals surface area contributed by atoms with Crippen LogP contribution in [-0.4, -0.2) is 22.0 Å². The Morgan fingerprint density at radius 1 is 1.33 bits per heavy atom. The van der Waals surface area contributed by atoms with Gasteiger partial charge in [-0.05, 0) is 32.4 Å². The molecular formula is C17H17ClN2O3S. The van der Waals surface area contributed by atoms with Gasteiger partial charge in [-0.3, -0.25) is 9.59 Å². The van der Waals surface area contributed by atoms with Gasteiger partial charge in [0.15, 0.2) is 0 Å². The minimum atomic E-state index is -0.901. The van der Waals surface area contributed by atoms with Gasteiger partial charge in [0.2, 0.25) is 5.91 Å². The highest BCUT2D eigenvalue weighted by Crippen LogP contribution is 2.39. The van der Waals surface area contributed by atoms with Gasteiger partial charge in [0.05, 0.1) is 28.4 Å². The number of carboxylic acids is 1. The van der Waals surface area contributed by atoms with E-state index in [4.69, 9.17) is 16.7 Å². The molecule has 1 aromatic heterocycles. The first-order valence-electron chi connectivity index (χ1n) is 7.63. The van der Waals surface area contributed by atoms with Crippen LogP contribution in [0, 0.1) is 18.8 Å². The fourth-order valence-corrected chi connectivity index (χ4v) is 3.87. The first-order chi connectivity index (χ1) is 11.4. The number of nitrogens with one attached hydrogen (secondary N) is 1. The molecule has 1 aliphatic rings. The van der Waals surface area contributed by atoms with Crippen LogP contribution >= 0.6 is 22.9 Å². The van der Waals surface area contributed by atoms with E-state index in [1.54, 1.807) is 0 Å². The van der Waals surface area contributed by atoms with Gasteiger partial charge >= 0.3 is 5.97 Å². The zero-order valence-electron chi connectivity index (χ0n) is 13.2. The zero-order valence-corrected chi connectivity index (χ0v) is 14.8. The normalized spacial score (nSPS) is 20.5. The van der Waals surface area contributed by atoms with Gasteiger partial charge in [0.25, 0.3) is 0 Å². The van der Waals surface area contributed by atoms with Crippen molar-refractivity contribution in [3.8, 4) is 10.6 Å². The number of halogens is 1. The number of hydrogen-bond donors (Lipinski definition) is 2. The number of nitrogens with zero attached hydrogens (tertiary/aromatic N) is 1. The van der Waals surface area contributed by atoms with Gasteiger partial charge in [0.1, 0.15) is 5.01 Å². The molecule has 24 heavy (non-hydrogen) atoms. The average Bonchev–Trinajstić information content (AvgIpc) is 3.25. The molecule has 3 atom stereocenters. The highest BCUT2D eigenvalue weighted by molar-refractivity contribution is 7.15. The van der Waals surface area contributed by atoms with E-state index < -0.39 is 17.8 Å². The van der Waals surface area contributed by atoms with Crippen LogP contribution in [0.3, 0.4) is 0 Å². The number of aliphatic carboxylic acids is 1. The van der Waals surface area contributed by atoms with Crippen LogP contribution in [0.4, 0.5) is 0 Å². The van der Waals surface area contributed by atoms with Crippen molar-refractivity contribution in [3.05, 3.63) is 39.9 Å². The summed E-state index contributed by atoms with van der Waals surface area (Å²) in [5.41, 5.74) is 1.84.